The van der Waals surface area contributed by atoms with E-state index < -0.39 is 0 Å². The normalized spacial score (nSPS) is 11.6. The molecule has 0 aromatic carbocycles. The van der Waals surface area contributed by atoms with Crippen LogP contribution in [0.4, 0.5) is 0 Å². The van der Waals surface area contributed by atoms with Gasteiger partial charge < -0.3 is 9.47 Å². The molecule has 2 aromatic heterocycles. The van der Waals surface area contributed by atoms with E-state index in [-0.39, 0.29) is 0 Å². The first-order valence-electron chi connectivity index (χ1n) is 21.1. The first-order chi connectivity index (χ1) is 23.8. The zero-order valence-electron chi connectivity index (χ0n) is 32.1. The molecule has 0 amide bonds. The molecule has 0 aliphatic heterocycles. The predicted octanol–water partition coefficient (Wildman–Crippen LogP) is 11.5. The molecule has 2 rings (SSSR count). The van der Waals surface area contributed by atoms with Gasteiger partial charge in [0, 0.05) is 0 Å². The molecule has 0 spiro atoms. The highest BCUT2D eigenvalue weighted by atomic mass is 16.5. The van der Waals surface area contributed by atoms with E-state index in [4.69, 9.17) is 9.47 Å². The van der Waals surface area contributed by atoms with E-state index in [1.165, 1.54) is 167 Å². The number of unbranched alkanes of at least 4 members (excludes halogenated alkanes) is 25. The molecule has 0 fully saturated rings. The third-order valence-corrected chi connectivity index (χ3v) is 9.84. The molecule has 278 valence electrons. The molecule has 0 saturated carbocycles. The number of aromatic nitrogens is 4. The van der Waals surface area contributed by atoms with Crippen LogP contribution in [0.5, 0.6) is 0 Å². The fourth-order valence-corrected chi connectivity index (χ4v) is 6.67. The average Bonchev–Trinajstić information content (AvgIpc) is 3.76. The summed E-state index contributed by atoms with van der Waals surface area (Å²) in [6.45, 7) is 9.81. The van der Waals surface area contributed by atoms with Crippen LogP contribution in [0.15, 0.2) is 37.4 Å². The number of hydrogen-bond donors (Lipinski definition) is 0. The lowest BCUT2D eigenvalue weighted by molar-refractivity contribution is -0.732. The van der Waals surface area contributed by atoms with Gasteiger partial charge in [-0.2, -0.15) is 0 Å². The highest BCUT2D eigenvalue weighted by Crippen LogP contribution is 2.13. The fraction of sp³-hybridized carbons (Fsp3) is 0.857. The largest absolute Gasteiger partial charge is 0.342 e. The molecular weight excluding hydrogens is 592 g/mol. The van der Waals surface area contributed by atoms with Gasteiger partial charge in [0.05, 0.1) is 26.3 Å². The molecule has 6 heteroatoms. The minimum absolute atomic E-state index is 0.657. The van der Waals surface area contributed by atoms with Crippen LogP contribution in [-0.4, -0.2) is 22.3 Å². The van der Waals surface area contributed by atoms with Gasteiger partial charge in [0.15, 0.2) is 13.5 Å². The van der Waals surface area contributed by atoms with E-state index in [1.807, 2.05) is 0 Å². The summed E-state index contributed by atoms with van der Waals surface area (Å²) >= 11 is 0. The molecule has 0 atom stereocenters. The van der Waals surface area contributed by atoms with E-state index in [0.29, 0.717) is 13.5 Å². The quantitative estimate of drug-likeness (QED) is 0.0529. The molecule has 2 heterocycles. The van der Waals surface area contributed by atoms with E-state index in [1.54, 1.807) is 0 Å². The van der Waals surface area contributed by atoms with Gasteiger partial charge in [-0.05, 0) is 38.5 Å². The second-order valence-corrected chi connectivity index (χ2v) is 14.6. The van der Waals surface area contributed by atoms with E-state index in [0.717, 1.165) is 39.1 Å². The lowest BCUT2D eigenvalue weighted by Crippen LogP contribution is -2.32. The number of imidazole rings is 2. The monoisotopic (exact) mass is 673 g/mol. The summed E-state index contributed by atoms with van der Waals surface area (Å²) in [5.41, 5.74) is 0. The minimum Gasteiger partial charge on any atom is -0.342 e. The molecule has 0 radical (unpaired) electrons. The van der Waals surface area contributed by atoms with Crippen LogP contribution in [0.25, 0.3) is 0 Å². The smallest absolute Gasteiger partial charge is 0.245 e. The summed E-state index contributed by atoms with van der Waals surface area (Å²) in [5.74, 6) is 0. The maximum atomic E-state index is 5.93. The van der Waals surface area contributed by atoms with Crippen molar-refractivity contribution >= 4 is 0 Å². The lowest BCUT2D eigenvalue weighted by atomic mass is 10.1. The van der Waals surface area contributed by atoms with Crippen molar-refractivity contribution in [2.45, 2.75) is 220 Å². The average molecular weight is 673 g/mol. The summed E-state index contributed by atoms with van der Waals surface area (Å²) in [6, 6.07) is 0. The molecule has 0 unspecified atom stereocenters. The molecule has 0 N–H and O–H groups in total. The van der Waals surface area contributed by atoms with Crippen molar-refractivity contribution in [3.8, 4) is 0 Å². The van der Waals surface area contributed by atoms with Crippen LogP contribution in [-0.2, 0) is 36.0 Å². The van der Waals surface area contributed by atoms with Crippen LogP contribution in [0.2, 0.25) is 0 Å². The first kappa shape index (κ1) is 42.5. The Bertz CT molecular complexity index is 852. The van der Waals surface area contributed by atoms with Gasteiger partial charge >= 0.3 is 0 Å². The summed E-state index contributed by atoms with van der Waals surface area (Å²) in [7, 11) is 0. The van der Waals surface area contributed by atoms with Gasteiger partial charge in [-0.1, -0.05) is 155 Å². The standard InChI is InChI=1S/C42H80N4O2/c1-3-5-7-9-11-13-15-17-19-21-23-27-31-43-33-35-45(39-43)41-47-37-29-25-26-30-38-48-42-46-36-34-44(40-46)32-28-24-22-20-18-16-14-12-10-8-6-4-2/h33-36,39-40H,3-32,37-38,41-42H2,1-2H3/q+2. The maximum Gasteiger partial charge on any atom is 0.245 e. The van der Waals surface area contributed by atoms with Crippen molar-refractivity contribution in [3.63, 3.8) is 0 Å². The van der Waals surface area contributed by atoms with Gasteiger partial charge in [-0.15, -0.1) is 0 Å². The molecule has 0 bridgehead atoms. The van der Waals surface area contributed by atoms with E-state index in [9.17, 15) is 0 Å². The first-order valence-corrected chi connectivity index (χ1v) is 21.1. The topological polar surface area (TPSA) is 36.1 Å². The Labute approximate surface area is 298 Å². The van der Waals surface area contributed by atoms with Crippen molar-refractivity contribution in [1.82, 2.24) is 9.13 Å². The summed E-state index contributed by atoms with van der Waals surface area (Å²) in [4.78, 5) is 0. The highest BCUT2D eigenvalue weighted by Gasteiger charge is 2.05. The molecule has 6 nitrogen and oxygen atoms in total. The van der Waals surface area contributed by atoms with Crippen LogP contribution < -0.4 is 9.13 Å². The Hall–Kier alpha value is -1.66. The number of nitrogens with zero attached hydrogens (tertiary/aromatic N) is 4. The summed E-state index contributed by atoms with van der Waals surface area (Å²) < 4.78 is 20.8. The second kappa shape index (κ2) is 32.5. The lowest BCUT2D eigenvalue weighted by Gasteiger charge is -2.04. The van der Waals surface area contributed by atoms with Crippen LogP contribution >= 0.6 is 0 Å². The number of rotatable bonds is 37. The van der Waals surface area contributed by atoms with E-state index in [2.05, 4.69) is 69.6 Å². The Morgan fingerprint density at radius 1 is 0.375 bits per heavy atom. The van der Waals surface area contributed by atoms with Crippen LogP contribution in [0.1, 0.15) is 194 Å². The summed E-state index contributed by atoms with van der Waals surface area (Å²) in [5, 5.41) is 0. The molecule has 48 heavy (non-hydrogen) atoms. The van der Waals surface area contributed by atoms with Crippen LogP contribution in [0, 0.1) is 0 Å². The Balaban J connectivity index is 1.31. The predicted molar refractivity (Wildman–Crippen MR) is 202 cm³/mol. The maximum absolute atomic E-state index is 5.93. The van der Waals surface area contributed by atoms with Crippen molar-refractivity contribution in [2.75, 3.05) is 13.2 Å². The van der Waals surface area contributed by atoms with Gasteiger partial charge in [0.2, 0.25) is 12.7 Å². The zero-order valence-corrected chi connectivity index (χ0v) is 32.1. The minimum atomic E-state index is 0.657. The van der Waals surface area contributed by atoms with E-state index >= 15 is 0 Å². The molecule has 0 aliphatic rings. The molecule has 0 saturated heterocycles. The SMILES string of the molecule is CCCCCCCCCCCCCCn1cc[n+](COCCCCCCOC[n+]2ccn(CCCCCCCCCCCCCC)c2)c1. The third kappa shape index (κ3) is 25.3. The van der Waals surface area contributed by atoms with Crippen LogP contribution in [0.3, 0.4) is 0 Å². The van der Waals surface area contributed by atoms with Gasteiger partial charge in [0.25, 0.3) is 0 Å². The van der Waals surface area contributed by atoms with Gasteiger partial charge in [0.1, 0.15) is 24.8 Å². The second-order valence-electron chi connectivity index (χ2n) is 14.6. The summed E-state index contributed by atoms with van der Waals surface area (Å²) in [6.07, 6.45) is 51.4. The molecule has 2 aromatic rings. The van der Waals surface area contributed by atoms with Crippen molar-refractivity contribution in [2.24, 2.45) is 0 Å². The number of hydrogen-bond acceptors (Lipinski definition) is 2. The van der Waals surface area contributed by atoms with Gasteiger partial charge in [-0.3, -0.25) is 0 Å². The highest BCUT2D eigenvalue weighted by molar-refractivity contribution is 4.67. The Morgan fingerprint density at radius 3 is 1.00 bits per heavy atom. The Kier molecular flexibility index (Phi) is 28.8. The van der Waals surface area contributed by atoms with Gasteiger partial charge in [-0.25, -0.2) is 18.3 Å². The zero-order chi connectivity index (χ0) is 34.0. The van der Waals surface area contributed by atoms with Crippen molar-refractivity contribution < 1.29 is 18.6 Å². The number of aryl methyl sites for hydroxylation is 2. The Morgan fingerprint density at radius 2 is 0.667 bits per heavy atom. The van der Waals surface area contributed by atoms with Crippen molar-refractivity contribution in [3.05, 3.63) is 37.4 Å². The third-order valence-electron chi connectivity index (χ3n) is 9.84. The number of ether oxygens (including phenoxy) is 2. The molecule has 0 aliphatic carbocycles. The molecular formula is C42H80N4O2+2. The fourth-order valence-electron chi connectivity index (χ4n) is 6.67. The van der Waals surface area contributed by atoms with Crippen molar-refractivity contribution in [1.29, 1.82) is 0 Å².